The van der Waals surface area contributed by atoms with Crippen LogP contribution in [0.25, 0.3) is 0 Å². The van der Waals surface area contributed by atoms with Crippen LogP contribution >= 0.6 is 0 Å². The van der Waals surface area contributed by atoms with Crippen molar-refractivity contribution in [2.45, 2.75) is 32.4 Å². The van der Waals surface area contributed by atoms with E-state index in [4.69, 9.17) is 4.74 Å². The molecule has 1 aliphatic heterocycles. The zero-order chi connectivity index (χ0) is 20.8. The molecule has 0 spiro atoms. The van der Waals surface area contributed by atoms with Crippen LogP contribution in [-0.4, -0.2) is 49.5 Å². The average Bonchev–Trinajstić information content (AvgIpc) is 2.72. The fourth-order valence-electron chi connectivity index (χ4n) is 3.69. The molecule has 0 aromatic heterocycles. The normalized spacial score (nSPS) is 16.4. The predicted molar refractivity (Wildman–Crippen MR) is 114 cm³/mol. The van der Waals surface area contributed by atoms with Gasteiger partial charge in [-0.15, -0.1) is 0 Å². The van der Waals surface area contributed by atoms with Gasteiger partial charge in [0.1, 0.15) is 11.9 Å². The van der Waals surface area contributed by atoms with Crippen molar-refractivity contribution in [3.05, 3.63) is 60.2 Å². The number of hydrogen-bond acceptors (Lipinski definition) is 4. The summed E-state index contributed by atoms with van der Waals surface area (Å²) >= 11 is 0. The number of likely N-dealkylation sites (N-methyl/N-ethyl adjacent to an activating group) is 2. The van der Waals surface area contributed by atoms with Gasteiger partial charge in [0.25, 0.3) is 0 Å². The molecule has 1 aliphatic rings. The first-order valence-electron chi connectivity index (χ1n) is 10.0. The third-order valence-electron chi connectivity index (χ3n) is 5.17. The Balaban J connectivity index is 1.64. The van der Waals surface area contributed by atoms with Crippen LogP contribution in [0, 0.1) is 0 Å². The van der Waals surface area contributed by atoms with Gasteiger partial charge < -0.3 is 19.9 Å². The zero-order valence-corrected chi connectivity index (χ0v) is 17.3. The molecule has 154 valence electrons. The first-order valence-corrected chi connectivity index (χ1v) is 10.0. The van der Waals surface area contributed by atoms with E-state index < -0.39 is 0 Å². The van der Waals surface area contributed by atoms with Gasteiger partial charge in [0.2, 0.25) is 11.8 Å². The number of benzene rings is 2. The molecular formula is C23H29N3O3. The lowest BCUT2D eigenvalue weighted by atomic mass is 10.0. The topological polar surface area (TPSA) is 61.9 Å². The van der Waals surface area contributed by atoms with Crippen molar-refractivity contribution in [3.63, 3.8) is 0 Å². The molecule has 6 nitrogen and oxygen atoms in total. The Kier molecular flexibility index (Phi) is 6.75. The second kappa shape index (κ2) is 9.45. The fourth-order valence-corrected chi connectivity index (χ4v) is 3.69. The summed E-state index contributed by atoms with van der Waals surface area (Å²) in [5.41, 5.74) is 2.01. The lowest BCUT2D eigenvalue weighted by Crippen LogP contribution is -2.47. The van der Waals surface area contributed by atoms with Crippen molar-refractivity contribution in [2.75, 3.05) is 31.6 Å². The molecule has 29 heavy (non-hydrogen) atoms. The van der Waals surface area contributed by atoms with E-state index in [1.807, 2.05) is 48.5 Å². The first-order chi connectivity index (χ1) is 14.0. The molecule has 2 aromatic carbocycles. The molecule has 0 aliphatic carbocycles. The number of ether oxygens (including phenoxy) is 1. The van der Waals surface area contributed by atoms with Crippen LogP contribution in [0.3, 0.4) is 0 Å². The predicted octanol–water partition coefficient (Wildman–Crippen LogP) is 3.00. The van der Waals surface area contributed by atoms with E-state index >= 15 is 0 Å². The van der Waals surface area contributed by atoms with Gasteiger partial charge in [0.15, 0.2) is 0 Å². The second-order valence-corrected chi connectivity index (χ2v) is 7.39. The number of para-hydroxylation sites is 2. The van der Waals surface area contributed by atoms with E-state index in [0.717, 1.165) is 30.1 Å². The molecule has 3 rings (SSSR count). The number of carbonyl (C=O) groups excluding carboxylic acids is 2. The SMILES string of the molecule is CCN1C[C@@H](CN(C)C(=O)C[C@H](NC(C)=O)c2ccccc2)Oc2ccccc21. The summed E-state index contributed by atoms with van der Waals surface area (Å²) in [7, 11) is 1.79. The van der Waals surface area contributed by atoms with E-state index in [0.29, 0.717) is 6.54 Å². The van der Waals surface area contributed by atoms with Crippen molar-refractivity contribution in [1.29, 1.82) is 0 Å². The standard InChI is InChI=1S/C23H29N3O3/c1-4-26-16-19(29-22-13-9-8-12-21(22)26)15-25(3)23(28)14-20(24-17(2)27)18-10-6-5-7-11-18/h5-13,19-20H,4,14-16H2,1-3H3,(H,24,27)/t19-,20+/m1/s1. The lowest BCUT2D eigenvalue weighted by molar-refractivity contribution is -0.131. The molecule has 0 fully saturated rings. The van der Waals surface area contributed by atoms with Crippen LogP contribution in [0.2, 0.25) is 0 Å². The van der Waals surface area contributed by atoms with Crippen molar-refractivity contribution in [3.8, 4) is 5.75 Å². The number of nitrogens with zero attached hydrogens (tertiary/aromatic N) is 2. The minimum absolute atomic E-state index is 0.0295. The molecule has 0 saturated heterocycles. The van der Waals surface area contributed by atoms with Crippen LogP contribution in [0.15, 0.2) is 54.6 Å². The Bertz CT molecular complexity index is 840. The highest BCUT2D eigenvalue weighted by Gasteiger charge is 2.27. The van der Waals surface area contributed by atoms with Gasteiger partial charge in [0.05, 0.1) is 31.2 Å². The Hall–Kier alpha value is -3.02. The van der Waals surface area contributed by atoms with E-state index in [2.05, 4.69) is 23.2 Å². The summed E-state index contributed by atoms with van der Waals surface area (Å²) in [4.78, 5) is 28.5. The molecule has 6 heteroatoms. The van der Waals surface area contributed by atoms with Crippen LogP contribution < -0.4 is 15.0 Å². The van der Waals surface area contributed by atoms with Crippen molar-refractivity contribution in [1.82, 2.24) is 10.2 Å². The summed E-state index contributed by atoms with van der Waals surface area (Å²) in [5, 5.41) is 2.89. The van der Waals surface area contributed by atoms with E-state index in [1.54, 1.807) is 11.9 Å². The summed E-state index contributed by atoms with van der Waals surface area (Å²) in [6.45, 7) is 5.69. The van der Waals surface area contributed by atoms with Gasteiger partial charge in [-0.05, 0) is 24.6 Å². The highest BCUT2D eigenvalue weighted by atomic mass is 16.5. The molecule has 0 saturated carbocycles. The Morgan fingerprint density at radius 2 is 1.86 bits per heavy atom. The third kappa shape index (κ3) is 5.28. The maximum absolute atomic E-state index is 12.9. The lowest BCUT2D eigenvalue weighted by Gasteiger charge is -2.37. The van der Waals surface area contributed by atoms with Crippen LogP contribution in [0.5, 0.6) is 5.75 Å². The zero-order valence-electron chi connectivity index (χ0n) is 17.3. The summed E-state index contributed by atoms with van der Waals surface area (Å²) < 4.78 is 6.13. The molecule has 0 bridgehead atoms. The highest BCUT2D eigenvalue weighted by molar-refractivity contribution is 5.79. The Morgan fingerprint density at radius 3 is 2.55 bits per heavy atom. The summed E-state index contributed by atoms with van der Waals surface area (Å²) in [6, 6.07) is 17.2. The Morgan fingerprint density at radius 1 is 1.17 bits per heavy atom. The largest absolute Gasteiger partial charge is 0.485 e. The van der Waals surface area contributed by atoms with Crippen molar-refractivity contribution in [2.24, 2.45) is 0 Å². The molecule has 0 radical (unpaired) electrons. The van der Waals surface area contributed by atoms with Crippen LogP contribution in [0.4, 0.5) is 5.69 Å². The molecule has 2 atom stereocenters. The Labute approximate surface area is 172 Å². The molecule has 1 heterocycles. The maximum Gasteiger partial charge on any atom is 0.224 e. The minimum atomic E-state index is -0.344. The smallest absolute Gasteiger partial charge is 0.224 e. The average molecular weight is 396 g/mol. The number of nitrogens with one attached hydrogen (secondary N) is 1. The summed E-state index contributed by atoms with van der Waals surface area (Å²) in [6.07, 6.45) is 0.107. The maximum atomic E-state index is 12.9. The number of anilines is 1. The van der Waals surface area contributed by atoms with Crippen LogP contribution in [0.1, 0.15) is 31.9 Å². The van der Waals surface area contributed by atoms with E-state index in [9.17, 15) is 9.59 Å². The molecule has 1 N–H and O–H groups in total. The highest BCUT2D eigenvalue weighted by Crippen LogP contribution is 2.33. The van der Waals surface area contributed by atoms with Gasteiger partial charge in [-0.2, -0.15) is 0 Å². The third-order valence-corrected chi connectivity index (χ3v) is 5.17. The van der Waals surface area contributed by atoms with Gasteiger partial charge in [-0.25, -0.2) is 0 Å². The molecule has 0 unspecified atom stereocenters. The van der Waals surface area contributed by atoms with E-state index in [1.165, 1.54) is 6.92 Å². The monoisotopic (exact) mass is 395 g/mol. The van der Waals surface area contributed by atoms with Crippen molar-refractivity contribution < 1.29 is 14.3 Å². The van der Waals surface area contributed by atoms with Gasteiger partial charge in [-0.3, -0.25) is 9.59 Å². The quantitative estimate of drug-likeness (QED) is 0.783. The van der Waals surface area contributed by atoms with Gasteiger partial charge >= 0.3 is 0 Å². The summed E-state index contributed by atoms with van der Waals surface area (Å²) in [5.74, 6) is 0.671. The van der Waals surface area contributed by atoms with Crippen LogP contribution in [-0.2, 0) is 9.59 Å². The fraction of sp³-hybridized carbons (Fsp3) is 0.391. The van der Waals surface area contributed by atoms with Gasteiger partial charge in [0, 0.05) is 20.5 Å². The minimum Gasteiger partial charge on any atom is -0.485 e. The van der Waals surface area contributed by atoms with Crippen molar-refractivity contribution >= 4 is 17.5 Å². The number of rotatable bonds is 7. The van der Waals surface area contributed by atoms with Gasteiger partial charge in [-0.1, -0.05) is 42.5 Å². The second-order valence-electron chi connectivity index (χ2n) is 7.39. The number of fused-ring (bicyclic) bond motifs is 1. The molecule has 2 aromatic rings. The first kappa shape index (κ1) is 20.7. The molecular weight excluding hydrogens is 366 g/mol. The van der Waals surface area contributed by atoms with E-state index in [-0.39, 0.29) is 30.4 Å². The number of carbonyl (C=O) groups is 2. The number of hydrogen-bond donors (Lipinski definition) is 1. The number of amides is 2. The molecule has 2 amide bonds.